The minimum Gasteiger partial charge on any atom is -0.465 e. The summed E-state index contributed by atoms with van der Waals surface area (Å²) in [7, 11) is 1.36. The maximum atomic E-state index is 11.5. The molecule has 0 unspecified atom stereocenters. The first-order valence-corrected chi connectivity index (χ1v) is 6.96. The molecule has 0 radical (unpaired) electrons. The Bertz CT molecular complexity index is 809. The van der Waals surface area contributed by atoms with Crippen LogP contribution in [0.3, 0.4) is 0 Å². The molecule has 0 aliphatic rings. The third-order valence-corrected chi connectivity index (χ3v) is 3.29. The van der Waals surface area contributed by atoms with Crippen LogP contribution in [-0.4, -0.2) is 23.2 Å². The van der Waals surface area contributed by atoms with E-state index in [9.17, 15) is 4.79 Å². The highest BCUT2D eigenvalue weighted by molar-refractivity contribution is 5.90. The normalized spacial score (nSPS) is 10.5. The van der Waals surface area contributed by atoms with Crippen molar-refractivity contribution in [2.45, 2.75) is 13.5 Å². The number of aryl methyl sites for hydroxylation is 1. The number of methoxy groups -OCH3 is 1. The van der Waals surface area contributed by atoms with Crippen molar-refractivity contribution in [1.82, 2.24) is 10.1 Å². The van der Waals surface area contributed by atoms with Crippen molar-refractivity contribution in [3.8, 4) is 11.6 Å². The van der Waals surface area contributed by atoms with Crippen molar-refractivity contribution >= 4 is 11.7 Å². The summed E-state index contributed by atoms with van der Waals surface area (Å²) >= 11 is 0. The molecule has 0 fully saturated rings. The lowest BCUT2D eigenvalue weighted by Crippen LogP contribution is -2.05. The van der Waals surface area contributed by atoms with Gasteiger partial charge in [-0.3, -0.25) is 0 Å². The molecule has 3 aromatic rings. The molecule has 0 saturated carbocycles. The smallest absolute Gasteiger partial charge is 0.337 e. The first kappa shape index (κ1) is 14.8. The van der Waals surface area contributed by atoms with Crippen LogP contribution in [0.15, 0.2) is 45.5 Å². The predicted octanol–water partition coefficient (Wildman–Crippen LogP) is 3.04. The Morgan fingerprint density at radius 2 is 2.22 bits per heavy atom. The number of benzene rings is 1. The molecule has 0 atom stereocenters. The number of nitrogens with zero attached hydrogens (tertiary/aromatic N) is 2. The number of aromatic nitrogens is 2. The van der Waals surface area contributed by atoms with Crippen molar-refractivity contribution in [3.63, 3.8) is 0 Å². The molecule has 1 aromatic carbocycles. The third kappa shape index (κ3) is 3.23. The first-order valence-electron chi connectivity index (χ1n) is 6.96. The summed E-state index contributed by atoms with van der Waals surface area (Å²) in [4.78, 5) is 15.7. The summed E-state index contributed by atoms with van der Waals surface area (Å²) in [6.07, 6.45) is 1.55. The van der Waals surface area contributed by atoms with E-state index in [1.807, 2.05) is 13.0 Å². The fourth-order valence-electron chi connectivity index (χ4n) is 2.11. The molecule has 2 aromatic heterocycles. The number of esters is 1. The Labute approximate surface area is 132 Å². The number of hydrogen-bond acceptors (Lipinski definition) is 7. The molecule has 3 rings (SSSR count). The maximum Gasteiger partial charge on any atom is 0.337 e. The van der Waals surface area contributed by atoms with Gasteiger partial charge in [0.2, 0.25) is 11.7 Å². The zero-order valence-electron chi connectivity index (χ0n) is 12.7. The van der Waals surface area contributed by atoms with Crippen LogP contribution in [0.25, 0.3) is 11.6 Å². The Hall–Kier alpha value is -3.09. The highest BCUT2D eigenvalue weighted by atomic mass is 16.5. The topological polar surface area (TPSA) is 90.4 Å². The second-order valence-corrected chi connectivity index (χ2v) is 4.86. The van der Waals surface area contributed by atoms with Gasteiger partial charge in [0, 0.05) is 5.69 Å². The number of hydrogen-bond donors (Lipinski definition) is 1. The van der Waals surface area contributed by atoms with Gasteiger partial charge in [0.25, 0.3) is 0 Å². The van der Waals surface area contributed by atoms with Crippen LogP contribution in [0.5, 0.6) is 0 Å². The number of anilines is 1. The predicted molar refractivity (Wildman–Crippen MR) is 81.8 cm³/mol. The standard InChI is InChI=1S/C16H15N3O4/c1-10-8-11(16(20)21-2)5-6-12(10)17-9-14-18-15(19-23-14)13-4-3-7-22-13/h3-8,17H,9H2,1-2H3. The Morgan fingerprint density at radius 3 is 2.91 bits per heavy atom. The van der Waals surface area contributed by atoms with Gasteiger partial charge in [-0.15, -0.1) is 0 Å². The van der Waals surface area contributed by atoms with E-state index in [1.165, 1.54) is 7.11 Å². The summed E-state index contributed by atoms with van der Waals surface area (Å²) in [6.45, 7) is 2.27. The minimum atomic E-state index is -0.361. The van der Waals surface area contributed by atoms with Gasteiger partial charge in [0.15, 0.2) is 5.76 Å². The number of ether oxygens (including phenoxy) is 1. The molecular weight excluding hydrogens is 298 g/mol. The summed E-state index contributed by atoms with van der Waals surface area (Å²) in [5, 5.41) is 7.05. The Morgan fingerprint density at radius 1 is 1.35 bits per heavy atom. The summed E-state index contributed by atoms with van der Waals surface area (Å²) in [5.41, 5.74) is 2.29. The Balaban J connectivity index is 1.68. The Kier molecular flexibility index (Phi) is 4.09. The van der Waals surface area contributed by atoms with Crippen LogP contribution in [0.4, 0.5) is 5.69 Å². The third-order valence-electron chi connectivity index (χ3n) is 3.29. The fourth-order valence-corrected chi connectivity index (χ4v) is 2.11. The highest BCUT2D eigenvalue weighted by Gasteiger charge is 2.11. The van der Waals surface area contributed by atoms with Gasteiger partial charge in [-0.1, -0.05) is 5.16 Å². The van der Waals surface area contributed by atoms with E-state index < -0.39 is 0 Å². The molecule has 0 spiro atoms. The zero-order chi connectivity index (χ0) is 16.2. The number of furan rings is 1. The van der Waals surface area contributed by atoms with Gasteiger partial charge in [-0.2, -0.15) is 4.98 Å². The molecule has 23 heavy (non-hydrogen) atoms. The molecular formula is C16H15N3O4. The highest BCUT2D eigenvalue weighted by Crippen LogP contribution is 2.19. The number of rotatable bonds is 5. The summed E-state index contributed by atoms with van der Waals surface area (Å²) in [6, 6.07) is 8.79. The second-order valence-electron chi connectivity index (χ2n) is 4.86. The lowest BCUT2D eigenvalue weighted by molar-refractivity contribution is 0.0600. The van der Waals surface area contributed by atoms with Crippen molar-refractivity contribution in [2.75, 3.05) is 12.4 Å². The summed E-state index contributed by atoms with van der Waals surface area (Å²) < 4.78 is 15.1. The first-order chi connectivity index (χ1) is 11.2. The van der Waals surface area contributed by atoms with Gasteiger partial charge < -0.3 is 19.0 Å². The van der Waals surface area contributed by atoms with Crippen LogP contribution in [0.2, 0.25) is 0 Å². The van der Waals surface area contributed by atoms with E-state index in [0.29, 0.717) is 29.6 Å². The largest absolute Gasteiger partial charge is 0.465 e. The average Bonchev–Trinajstić information content (AvgIpc) is 3.24. The van der Waals surface area contributed by atoms with Gasteiger partial charge in [0.05, 0.1) is 25.5 Å². The molecule has 0 bridgehead atoms. The monoisotopic (exact) mass is 313 g/mol. The van der Waals surface area contributed by atoms with E-state index in [4.69, 9.17) is 13.7 Å². The zero-order valence-corrected chi connectivity index (χ0v) is 12.7. The fraction of sp³-hybridized carbons (Fsp3) is 0.188. The lowest BCUT2D eigenvalue weighted by Gasteiger charge is -2.08. The average molecular weight is 313 g/mol. The molecule has 1 N–H and O–H groups in total. The van der Waals surface area contributed by atoms with E-state index in [1.54, 1.807) is 30.5 Å². The van der Waals surface area contributed by atoms with Gasteiger partial charge in [-0.25, -0.2) is 4.79 Å². The minimum absolute atomic E-state index is 0.361. The second kappa shape index (κ2) is 6.35. The van der Waals surface area contributed by atoms with Crippen LogP contribution in [0, 0.1) is 6.92 Å². The van der Waals surface area contributed by atoms with Crippen molar-refractivity contribution < 1.29 is 18.5 Å². The number of carbonyl (C=O) groups is 1. The van der Waals surface area contributed by atoms with Gasteiger partial charge in [-0.05, 0) is 42.8 Å². The molecule has 118 valence electrons. The molecule has 2 heterocycles. The number of carbonyl (C=O) groups excluding carboxylic acids is 1. The van der Waals surface area contributed by atoms with E-state index in [0.717, 1.165) is 11.3 Å². The maximum absolute atomic E-state index is 11.5. The van der Waals surface area contributed by atoms with Gasteiger partial charge in [0.1, 0.15) is 0 Å². The van der Waals surface area contributed by atoms with E-state index >= 15 is 0 Å². The lowest BCUT2D eigenvalue weighted by atomic mass is 10.1. The van der Waals surface area contributed by atoms with E-state index in [2.05, 4.69) is 15.5 Å². The SMILES string of the molecule is COC(=O)c1ccc(NCc2nc(-c3ccco3)no2)c(C)c1. The molecule has 0 amide bonds. The number of nitrogens with one attached hydrogen (secondary N) is 1. The van der Waals surface area contributed by atoms with Crippen molar-refractivity contribution in [2.24, 2.45) is 0 Å². The molecule has 7 heteroatoms. The molecule has 0 aliphatic carbocycles. The van der Waals surface area contributed by atoms with Crippen molar-refractivity contribution in [3.05, 3.63) is 53.6 Å². The summed E-state index contributed by atoms with van der Waals surface area (Å²) in [5.74, 6) is 1.04. The molecule has 0 saturated heterocycles. The van der Waals surface area contributed by atoms with Crippen LogP contribution < -0.4 is 5.32 Å². The van der Waals surface area contributed by atoms with Gasteiger partial charge >= 0.3 is 5.97 Å². The molecule has 0 aliphatic heterocycles. The van der Waals surface area contributed by atoms with Crippen LogP contribution in [0.1, 0.15) is 21.8 Å². The van der Waals surface area contributed by atoms with Crippen molar-refractivity contribution in [1.29, 1.82) is 0 Å². The quantitative estimate of drug-likeness (QED) is 0.724. The van der Waals surface area contributed by atoms with Crippen LogP contribution in [-0.2, 0) is 11.3 Å². The van der Waals surface area contributed by atoms with Crippen LogP contribution >= 0.6 is 0 Å². The molecule has 7 nitrogen and oxygen atoms in total. The van der Waals surface area contributed by atoms with E-state index in [-0.39, 0.29) is 5.97 Å².